The fraction of sp³-hybridized carbons (Fsp3) is 0.462. The first-order valence-corrected chi connectivity index (χ1v) is 5.90. The van der Waals surface area contributed by atoms with E-state index in [0.717, 1.165) is 0 Å². The molecule has 5 heteroatoms. The van der Waals surface area contributed by atoms with Crippen molar-refractivity contribution < 1.29 is 14.3 Å². The van der Waals surface area contributed by atoms with E-state index < -0.39 is 6.10 Å². The summed E-state index contributed by atoms with van der Waals surface area (Å²) in [4.78, 5) is 13.1. The largest absolute Gasteiger partial charge is 0.393 e. The van der Waals surface area contributed by atoms with Crippen LogP contribution in [0.5, 0.6) is 0 Å². The second-order valence-corrected chi connectivity index (χ2v) is 4.35. The zero-order valence-corrected chi connectivity index (χ0v) is 10.7. The van der Waals surface area contributed by atoms with Gasteiger partial charge in [-0.25, -0.2) is 9.18 Å². The number of rotatable bonds is 5. The van der Waals surface area contributed by atoms with Gasteiger partial charge in [0.05, 0.1) is 6.10 Å². The predicted molar refractivity (Wildman–Crippen MR) is 67.6 cm³/mol. The molecule has 1 unspecified atom stereocenters. The molecule has 4 nitrogen and oxygen atoms in total. The van der Waals surface area contributed by atoms with Crippen molar-refractivity contribution in [2.24, 2.45) is 0 Å². The van der Waals surface area contributed by atoms with Gasteiger partial charge >= 0.3 is 6.03 Å². The summed E-state index contributed by atoms with van der Waals surface area (Å²) in [5, 5.41) is 11.8. The lowest BCUT2D eigenvalue weighted by molar-refractivity contribution is 0.163. The molecule has 1 aromatic carbocycles. The summed E-state index contributed by atoms with van der Waals surface area (Å²) in [5.41, 5.74) is 0.715. The summed E-state index contributed by atoms with van der Waals surface area (Å²) >= 11 is 0. The molecule has 0 aliphatic heterocycles. The number of benzene rings is 1. The van der Waals surface area contributed by atoms with Crippen molar-refractivity contribution in [3.63, 3.8) is 0 Å². The van der Waals surface area contributed by atoms with E-state index in [2.05, 4.69) is 5.32 Å². The number of halogens is 1. The minimum absolute atomic E-state index is 0.236. The number of carbonyl (C=O) groups is 1. The van der Waals surface area contributed by atoms with Gasteiger partial charge in [-0.3, -0.25) is 0 Å². The first kappa shape index (κ1) is 14.4. The molecule has 100 valence electrons. The van der Waals surface area contributed by atoms with Gasteiger partial charge in [0, 0.05) is 20.1 Å². The van der Waals surface area contributed by atoms with E-state index in [9.17, 15) is 9.18 Å². The predicted octanol–water partition coefficient (Wildman–Crippen LogP) is 1.74. The molecular formula is C13H19FN2O2. The molecule has 0 bridgehead atoms. The lowest BCUT2D eigenvalue weighted by Crippen LogP contribution is -2.38. The van der Waals surface area contributed by atoms with Crippen LogP contribution in [0.2, 0.25) is 0 Å². The number of carbonyl (C=O) groups excluding carboxylic acids is 1. The zero-order chi connectivity index (χ0) is 13.5. The normalized spacial score (nSPS) is 12.0. The Hall–Kier alpha value is -1.62. The number of aliphatic hydroxyl groups is 1. The number of hydrogen-bond donors (Lipinski definition) is 2. The Morgan fingerprint density at radius 3 is 2.89 bits per heavy atom. The maximum atomic E-state index is 12.9. The van der Waals surface area contributed by atoms with Crippen molar-refractivity contribution in [2.45, 2.75) is 26.0 Å². The molecule has 2 N–H and O–H groups in total. The molecular weight excluding hydrogens is 235 g/mol. The van der Waals surface area contributed by atoms with Crippen molar-refractivity contribution in [2.75, 3.05) is 13.6 Å². The summed E-state index contributed by atoms with van der Waals surface area (Å²) in [6.45, 7) is 2.45. The SMILES string of the molecule is CC(O)CCN(C)C(=O)NCc1cccc(F)c1. The number of aliphatic hydroxyl groups excluding tert-OH is 1. The Morgan fingerprint density at radius 2 is 2.28 bits per heavy atom. The molecule has 1 atom stereocenters. The number of urea groups is 1. The summed E-state index contributed by atoms with van der Waals surface area (Å²) < 4.78 is 12.9. The zero-order valence-electron chi connectivity index (χ0n) is 10.7. The van der Waals surface area contributed by atoms with Gasteiger partial charge in [0.15, 0.2) is 0 Å². The summed E-state index contributed by atoms with van der Waals surface area (Å²) in [7, 11) is 1.66. The van der Waals surface area contributed by atoms with Gasteiger partial charge in [-0.1, -0.05) is 12.1 Å². The van der Waals surface area contributed by atoms with Crippen LogP contribution in [0.15, 0.2) is 24.3 Å². The van der Waals surface area contributed by atoms with Crippen LogP contribution < -0.4 is 5.32 Å². The Kier molecular flexibility index (Phi) is 5.58. The van der Waals surface area contributed by atoms with Crippen LogP contribution in [-0.2, 0) is 6.54 Å². The van der Waals surface area contributed by atoms with E-state index in [1.54, 1.807) is 26.1 Å². The van der Waals surface area contributed by atoms with Gasteiger partial charge in [0.1, 0.15) is 5.82 Å². The van der Waals surface area contributed by atoms with E-state index >= 15 is 0 Å². The molecule has 0 aromatic heterocycles. The van der Waals surface area contributed by atoms with Gasteiger partial charge in [0.25, 0.3) is 0 Å². The van der Waals surface area contributed by atoms with Crippen molar-refractivity contribution >= 4 is 6.03 Å². The second kappa shape index (κ2) is 6.96. The van der Waals surface area contributed by atoms with Crippen LogP contribution in [0.25, 0.3) is 0 Å². The lowest BCUT2D eigenvalue weighted by atomic mass is 10.2. The van der Waals surface area contributed by atoms with E-state index in [4.69, 9.17) is 5.11 Å². The maximum Gasteiger partial charge on any atom is 0.317 e. The standard InChI is InChI=1S/C13H19FN2O2/c1-10(17)6-7-16(2)13(18)15-9-11-4-3-5-12(14)8-11/h3-5,8,10,17H,6-7,9H2,1-2H3,(H,15,18). The molecule has 0 spiro atoms. The number of nitrogens with zero attached hydrogens (tertiary/aromatic N) is 1. The van der Waals surface area contributed by atoms with Crippen molar-refractivity contribution in [3.05, 3.63) is 35.6 Å². The second-order valence-electron chi connectivity index (χ2n) is 4.35. The minimum Gasteiger partial charge on any atom is -0.393 e. The molecule has 2 amide bonds. The van der Waals surface area contributed by atoms with E-state index in [-0.39, 0.29) is 18.4 Å². The number of amides is 2. The van der Waals surface area contributed by atoms with Crippen molar-refractivity contribution in [3.8, 4) is 0 Å². The Morgan fingerprint density at radius 1 is 1.56 bits per heavy atom. The maximum absolute atomic E-state index is 12.9. The lowest BCUT2D eigenvalue weighted by Gasteiger charge is -2.18. The van der Waals surface area contributed by atoms with Crippen LogP contribution in [0.3, 0.4) is 0 Å². The van der Waals surface area contributed by atoms with E-state index in [0.29, 0.717) is 18.5 Å². The van der Waals surface area contributed by atoms with Gasteiger partial charge in [-0.05, 0) is 31.0 Å². The highest BCUT2D eigenvalue weighted by Crippen LogP contribution is 2.03. The average Bonchev–Trinajstić information content (AvgIpc) is 2.33. The first-order valence-electron chi connectivity index (χ1n) is 5.90. The Balaban J connectivity index is 2.36. The van der Waals surface area contributed by atoms with Gasteiger partial charge in [-0.2, -0.15) is 0 Å². The Labute approximate surface area is 106 Å². The van der Waals surface area contributed by atoms with E-state index in [1.165, 1.54) is 17.0 Å². The van der Waals surface area contributed by atoms with Crippen LogP contribution in [-0.4, -0.2) is 35.7 Å². The molecule has 0 saturated heterocycles. The summed E-state index contributed by atoms with van der Waals surface area (Å²) in [6.07, 6.45) is 0.104. The van der Waals surface area contributed by atoms with Crippen LogP contribution in [0.4, 0.5) is 9.18 Å². The molecule has 0 fully saturated rings. The fourth-order valence-electron chi connectivity index (χ4n) is 1.44. The van der Waals surface area contributed by atoms with Gasteiger partial charge in [0.2, 0.25) is 0 Å². The third kappa shape index (κ3) is 5.14. The smallest absolute Gasteiger partial charge is 0.317 e. The Bertz CT molecular complexity index is 396. The molecule has 1 aromatic rings. The van der Waals surface area contributed by atoms with Crippen LogP contribution >= 0.6 is 0 Å². The molecule has 1 rings (SSSR count). The molecule has 18 heavy (non-hydrogen) atoms. The monoisotopic (exact) mass is 254 g/mol. The molecule has 0 aliphatic carbocycles. The van der Waals surface area contributed by atoms with Gasteiger partial charge in [-0.15, -0.1) is 0 Å². The summed E-state index contributed by atoms with van der Waals surface area (Å²) in [6, 6.07) is 5.86. The van der Waals surface area contributed by atoms with Crippen molar-refractivity contribution in [1.29, 1.82) is 0 Å². The molecule has 0 radical (unpaired) electrons. The van der Waals surface area contributed by atoms with Crippen LogP contribution in [0, 0.1) is 5.82 Å². The van der Waals surface area contributed by atoms with Crippen molar-refractivity contribution in [1.82, 2.24) is 10.2 Å². The van der Waals surface area contributed by atoms with Gasteiger partial charge < -0.3 is 15.3 Å². The first-order chi connectivity index (χ1) is 8.49. The number of nitrogens with one attached hydrogen (secondary N) is 1. The third-order valence-corrected chi connectivity index (χ3v) is 2.56. The fourth-order valence-corrected chi connectivity index (χ4v) is 1.44. The van der Waals surface area contributed by atoms with E-state index in [1.807, 2.05) is 0 Å². The highest BCUT2D eigenvalue weighted by Gasteiger charge is 2.08. The summed E-state index contributed by atoms with van der Waals surface area (Å²) in [5.74, 6) is -0.316. The minimum atomic E-state index is -0.427. The molecule has 0 saturated carbocycles. The molecule has 0 aliphatic rings. The highest BCUT2D eigenvalue weighted by atomic mass is 19.1. The average molecular weight is 254 g/mol. The molecule has 0 heterocycles. The van der Waals surface area contributed by atoms with Crippen LogP contribution in [0.1, 0.15) is 18.9 Å². The highest BCUT2D eigenvalue weighted by molar-refractivity contribution is 5.73. The topological polar surface area (TPSA) is 52.6 Å². The third-order valence-electron chi connectivity index (χ3n) is 2.56. The number of hydrogen-bond acceptors (Lipinski definition) is 2. The quantitative estimate of drug-likeness (QED) is 0.841.